The molecule has 142 valence electrons. The topological polar surface area (TPSA) is 89.2 Å². The van der Waals surface area contributed by atoms with Crippen LogP contribution in [-0.2, 0) is 6.18 Å². The fourth-order valence-electron chi connectivity index (χ4n) is 3.65. The number of hydrogen-bond donors (Lipinski definition) is 2. The summed E-state index contributed by atoms with van der Waals surface area (Å²) < 4.78 is 45.7. The number of nitrogens with zero attached hydrogens (tertiary/aromatic N) is 3. The van der Waals surface area contributed by atoms with Crippen LogP contribution in [0.4, 0.5) is 18.9 Å². The summed E-state index contributed by atoms with van der Waals surface area (Å²) >= 11 is 0. The standard InChI is InChI=1S/C17H22F3N5O/c1-2-26-13-7-6-11(10-12(13)17(18,19)20)25-15(22)23-14(21)24-16(25)8-4-3-5-9-16/h6-7,10H,2-5,8-9H2,1H3,(H4,21,22,23,24). The average molecular weight is 369 g/mol. The molecule has 26 heavy (non-hydrogen) atoms. The molecule has 0 atom stereocenters. The third-order valence-corrected chi connectivity index (χ3v) is 4.68. The summed E-state index contributed by atoms with van der Waals surface area (Å²) in [7, 11) is 0. The van der Waals surface area contributed by atoms with Crippen LogP contribution in [0.15, 0.2) is 28.2 Å². The molecule has 1 aromatic rings. The van der Waals surface area contributed by atoms with Crippen LogP contribution in [-0.4, -0.2) is 24.2 Å². The number of hydrogen-bond acceptors (Lipinski definition) is 6. The van der Waals surface area contributed by atoms with Crippen LogP contribution < -0.4 is 21.1 Å². The summed E-state index contributed by atoms with van der Waals surface area (Å²) in [5.41, 5.74) is 10.5. The second-order valence-electron chi connectivity index (χ2n) is 6.43. The highest BCUT2D eigenvalue weighted by Gasteiger charge is 2.44. The summed E-state index contributed by atoms with van der Waals surface area (Å²) in [5, 5.41) is 0. The third kappa shape index (κ3) is 3.30. The molecule has 2 aliphatic rings. The molecule has 6 nitrogen and oxygen atoms in total. The Morgan fingerprint density at radius 2 is 1.88 bits per heavy atom. The first-order valence-electron chi connectivity index (χ1n) is 8.60. The van der Waals surface area contributed by atoms with Crippen LogP contribution >= 0.6 is 0 Å². The van der Waals surface area contributed by atoms with Gasteiger partial charge in [-0.15, -0.1) is 0 Å². The zero-order chi connectivity index (χ0) is 18.9. The molecule has 1 heterocycles. The van der Waals surface area contributed by atoms with E-state index in [9.17, 15) is 13.2 Å². The quantitative estimate of drug-likeness (QED) is 0.856. The molecule has 0 amide bonds. The van der Waals surface area contributed by atoms with Crippen LogP contribution in [0.5, 0.6) is 5.75 Å². The number of anilines is 1. The van der Waals surface area contributed by atoms with E-state index < -0.39 is 17.4 Å². The Kier molecular flexibility index (Phi) is 4.72. The normalized spacial score (nSPS) is 19.9. The summed E-state index contributed by atoms with van der Waals surface area (Å²) in [6, 6.07) is 3.91. The smallest absolute Gasteiger partial charge is 0.420 e. The average Bonchev–Trinajstić information content (AvgIpc) is 2.55. The van der Waals surface area contributed by atoms with E-state index in [4.69, 9.17) is 16.2 Å². The lowest BCUT2D eigenvalue weighted by Gasteiger charge is -2.45. The summed E-state index contributed by atoms with van der Waals surface area (Å²) in [5.74, 6) is -0.101. The molecule has 1 aromatic carbocycles. The van der Waals surface area contributed by atoms with Crippen molar-refractivity contribution in [2.24, 2.45) is 21.5 Å². The zero-order valence-electron chi connectivity index (χ0n) is 14.5. The van der Waals surface area contributed by atoms with Crippen molar-refractivity contribution in [3.63, 3.8) is 0 Å². The van der Waals surface area contributed by atoms with Crippen molar-refractivity contribution in [1.82, 2.24) is 0 Å². The molecule has 1 aliphatic heterocycles. The van der Waals surface area contributed by atoms with Gasteiger partial charge in [0, 0.05) is 5.69 Å². The number of ether oxygens (including phenoxy) is 1. The maximum absolute atomic E-state index is 13.5. The van der Waals surface area contributed by atoms with Crippen molar-refractivity contribution in [2.75, 3.05) is 11.5 Å². The van der Waals surface area contributed by atoms with Crippen molar-refractivity contribution in [3.8, 4) is 5.75 Å². The second-order valence-corrected chi connectivity index (χ2v) is 6.43. The summed E-state index contributed by atoms with van der Waals surface area (Å²) in [6.45, 7) is 1.78. The maximum Gasteiger partial charge on any atom is 0.420 e. The number of halogens is 3. The van der Waals surface area contributed by atoms with Crippen LogP contribution in [0.3, 0.4) is 0 Å². The molecular weight excluding hydrogens is 347 g/mol. The van der Waals surface area contributed by atoms with E-state index in [1.54, 1.807) is 17.9 Å². The minimum atomic E-state index is -4.55. The fraction of sp³-hybridized carbons (Fsp3) is 0.529. The Hall–Kier alpha value is -2.45. The van der Waals surface area contributed by atoms with Crippen molar-refractivity contribution in [2.45, 2.75) is 50.9 Å². The maximum atomic E-state index is 13.5. The molecule has 1 saturated carbocycles. The second kappa shape index (κ2) is 6.69. The van der Waals surface area contributed by atoms with Gasteiger partial charge in [0.15, 0.2) is 0 Å². The number of alkyl halides is 3. The van der Waals surface area contributed by atoms with Gasteiger partial charge in [0.25, 0.3) is 0 Å². The molecule has 1 spiro atoms. The molecule has 4 N–H and O–H groups in total. The number of nitrogens with two attached hydrogens (primary N) is 2. The largest absolute Gasteiger partial charge is 0.493 e. The van der Waals surface area contributed by atoms with Crippen LogP contribution in [0, 0.1) is 0 Å². The predicted octanol–water partition coefficient (Wildman–Crippen LogP) is 3.21. The zero-order valence-corrected chi connectivity index (χ0v) is 14.5. The highest BCUT2D eigenvalue weighted by molar-refractivity contribution is 6.05. The van der Waals surface area contributed by atoms with Gasteiger partial charge in [-0.25, -0.2) is 4.99 Å². The summed E-state index contributed by atoms with van der Waals surface area (Å²) in [4.78, 5) is 10.0. The van der Waals surface area contributed by atoms with E-state index in [2.05, 4.69) is 9.98 Å². The van der Waals surface area contributed by atoms with Crippen LogP contribution in [0.1, 0.15) is 44.6 Å². The van der Waals surface area contributed by atoms with Crippen molar-refractivity contribution in [3.05, 3.63) is 23.8 Å². The van der Waals surface area contributed by atoms with E-state index in [0.717, 1.165) is 25.3 Å². The van der Waals surface area contributed by atoms with E-state index >= 15 is 0 Å². The minimum Gasteiger partial charge on any atom is -0.493 e. The van der Waals surface area contributed by atoms with Crippen molar-refractivity contribution >= 4 is 17.6 Å². The van der Waals surface area contributed by atoms with Gasteiger partial charge in [-0.05, 0) is 50.8 Å². The van der Waals surface area contributed by atoms with Gasteiger partial charge in [0.2, 0.25) is 11.9 Å². The van der Waals surface area contributed by atoms with Crippen molar-refractivity contribution in [1.29, 1.82) is 0 Å². The van der Waals surface area contributed by atoms with E-state index in [0.29, 0.717) is 12.8 Å². The first kappa shape index (κ1) is 18.3. The van der Waals surface area contributed by atoms with Crippen molar-refractivity contribution < 1.29 is 17.9 Å². The predicted molar refractivity (Wildman–Crippen MR) is 94.2 cm³/mol. The van der Waals surface area contributed by atoms with Gasteiger partial charge in [-0.1, -0.05) is 6.42 Å². The summed E-state index contributed by atoms with van der Waals surface area (Å²) in [6.07, 6.45) is -0.423. The molecule has 1 aliphatic carbocycles. The first-order chi connectivity index (χ1) is 12.3. The lowest BCUT2D eigenvalue weighted by molar-refractivity contribution is -0.138. The molecule has 1 fully saturated rings. The molecule has 0 bridgehead atoms. The fourth-order valence-corrected chi connectivity index (χ4v) is 3.65. The first-order valence-corrected chi connectivity index (χ1v) is 8.60. The Morgan fingerprint density at radius 1 is 1.19 bits per heavy atom. The van der Waals surface area contributed by atoms with Gasteiger partial charge < -0.3 is 16.2 Å². The van der Waals surface area contributed by atoms with Gasteiger partial charge in [0.05, 0.1) is 12.2 Å². The SMILES string of the molecule is CCOc1ccc(N2C(N)=NC(N)=NC23CCCCC3)cc1C(F)(F)F. The van der Waals surface area contributed by atoms with Gasteiger partial charge >= 0.3 is 6.18 Å². The molecule has 0 saturated heterocycles. The lowest BCUT2D eigenvalue weighted by Crippen LogP contribution is -2.58. The Morgan fingerprint density at radius 3 is 2.50 bits per heavy atom. The molecule has 3 rings (SSSR count). The molecular formula is C17H22F3N5O. The van der Waals surface area contributed by atoms with E-state index in [1.165, 1.54) is 6.07 Å². The number of rotatable bonds is 3. The third-order valence-electron chi connectivity index (χ3n) is 4.68. The molecule has 9 heteroatoms. The highest BCUT2D eigenvalue weighted by Crippen LogP contribution is 2.43. The monoisotopic (exact) mass is 369 g/mol. The van der Waals surface area contributed by atoms with E-state index in [1.807, 2.05) is 0 Å². The van der Waals surface area contributed by atoms with E-state index in [-0.39, 0.29) is 30.0 Å². The van der Waals surface area contributed by atoms with Crippen LogP contribution in [0.2, 0.25) is 0 Å². The highest BCUT2D eigenvalue weighted by atomic mass is 19.4. The number of aliphatic imine (C=N–C) groups is 2. The Labute approximate surface area is 149 Å². The van der Waals surface area contributed by atoms with Gasteiger partial charge in [-0.3, -0.25) is 4.90 Å². The van der Waals surface area contributed by atoms with Crippen LogP contribution in [0.25, 0.3) is 0 Å². The molecule has 0 aromatic heterocycles. The molecule has 0 unspecified atom stereocenters. The van der Waals surface area contributed by atoms with Gasteiger partial charge in [0.1, 0.15) is 11.4 Å². The minimum absolute atomic E-state index is 0.0525. The van der Waals surface area contributed by atoms with Gasteiger partial charge in [-0.2, -0.15) is 18.2 Å². The lowest BCUT2D eigenvalue weighted by atomic mass is 9.87. The number of guanidine groups is 2. The Balaban J connectivity index is 2.10. The number of benzene rings is 1. The molecule has 0 radical (unpaired) electrons. The Bertz CT molecular complexity index is 738.